The molecule has 2 aromatic carbocycles. The molecule has 0 N–H and O–H groups in total. The molecule has 5 heteroatoms. The van der Waals surface area contributed by atoms with E-state index < -0.39 is 0 Å². The van der Waals surface area contributed by atoms with Gasteiger partial charge in [-0.25, -0.2) is 0 Å². The van der Waals surface area contributed by atoms with Crippen LogP contribution in [0, 0.1) is 3.57 Å². The van der Waals surface area contributed by atoms with Gasteiger partial charge in [0.05, 0.1) is 19.8 Å². The number of ether oxygens (including phenoxy) is 2. The van der Waals surface area contributed by atoms with Crippen LogP contribution in [0.2, 0.25) is 0 Å². The molecule has 0 radical (unpaired) electrons. The van der Waals surface area contributed by atoms with Crippen molar-refractivity contribution in [1.82, 2.24) is 4.90 Å². The maximum absolute atomic E-state index is 13.1. The number of likely N-dealkylation sites (tertiary alicyclic amines) is 1. The minimum atomic E-state index is 0.0732. The summed E-state index contributed by atoms with van der Waals surface area (Å²) in [4.78, 5) is 15.1. The summed E-state index contributed by atoms with van der Waals surface area (Å²) < 4.78 is 11.6. The molecule has 1 aliphatic rings. The van der Waals surface area contributed by atoms with Crippen LogP contribution in [0.15, 0.2) is 42.5 Å². The van der Waals surface area contributed by atoms with Crippen LogP contribution in [0.4, 0.5) is 0 Å². The Hall–Kier alpha value is -1.76. The summed E-state index contributed by atoms with van der Waals surface area (Å²) in [6.45, 7) is 1.58. The number of halogens is 1. The number of rotatable bonds is 4. The highest BCUT2D eigenvalue weighted by molar-refractivity contribution is 14.1. The van der Waals surface area contributed by atoms with Crippen molar-refractivity contribution in [3.63, 3.8) is 0 Å². The Morgan fingerprint density at radius 3 is 2.42 bits per heavy atom. The first-order valence-corrected chi connectivity index (χ1v) is 9.97. The molecule has 0 aromatic heterocycles. The topological polar surface area (TPSA) is 38.8 Å². The lowest BCUT2D eigenvalue weighted by Crippen LogP contribution is -2.32. The molecule has 1 atom stereocenters. The standard InChI is InChI=1S/C21H24INO3/c1-25-19-13-17(18(22)14-20(19)26-2)21(24)23-11-6-9-16(10-12-23)15-7-4-3-5-8-15/h3-5,7-8,13-14,16H,6,9-12H2,1-2H3. The van der Waals surface area contributed by atoms with Gasteiger partial charge in [-0.3, -0.25) is 4.79 Å². The number of nitrogens with zero attached hydrogens (tertiary/aromatic N) is 1. The van der Waals surface area contributed by atoms with Gasteiger partial charge in [0.2, 0.25) is 0 Å². The van der Waals surface area contributed by atoms with Crippen LogP contribution in [0.5, 0.6) is 11.5 Å². The van der Waals surface area contributed by atoms with Gasteiger partial charge in [-0.2, -0.15) is 0 Å². The van der Waals surface area contributed by atoms with Gasteiger partial charge in [-0.05, 0) is 65.5 Å². The van der Waals surface area contributed by atoms with Gasteiger partial charge in [-0.1, -0.05) is 30.3 Å². The van der Waals surface area contributed by atoms with Crippen molar-refractivity contribution in [2.24, 2.45) is 0 Å². The van der Waals surface area contributed by atoms with Crippen LogP contribution in [0.25, 0.3) is 0 Å². The first-order chi connectivity index (χ1) is 12.6. The van der Waals surface area contributed by atoms with Crippen molar-refractivity contribution in [2.45, 2.75) is 25.2 Å². The molecule has 1 fully saturated rings. The molecule has 138 valence electrons. The Kier molecular flexibility index (Phi) is 6.40. The number of carbonyl (C=O) groups is 1. The van der Waals surface area contributed by atoms with Crippen LogP contribution in [-0.2, 0) is 0 Å². The lowest BCUT2D eigenvalue weighted by atomic mass is 9.92. The summed E-state index contributed by atoms with van der Waals surface area (Å²) >= 11 is 2.19. The van der Waals surface area contributed by atoms with Crippen molar-refractivity contribution in [3.8, 4) is 11.5 Å². The number of hydrogen-bond donors (Lipinski definition) is 0. The predicted octanol–water partition coefficient (Wildman–Crippen LogP) is 4.72. The lowest BCUT2D eigenvalue weighted by Gasteiger charge is -2.22. The van der Waals surface area contributed by atoms with Crippen molar-refractivity contribution in [3.05, 3.63) is 57.2 Å². The molecule has 0 bridgehead atoms. The van der Waals surface area contributed by atoms with Crippen molar-refractivity contribution < 1.29 is 14.3 Å². The van der Waals surface area contributed by atoms with E-state index in [1.807, 2.05) is 11.0 Å². The number of benzene rings is 2. The van der Waals surface area contributed by atoms with E-state index in [4.69, 9.17) is 9.47 Å². The molecule has 0 saturated carbocycles. The quantitative estimate of drug-likeness (QED) is 0.614. The molecule has 1 aliphatic heterocycles. The molecule has 0 spiro atoms. The zero-order chi connectivity index (χ0) is 18.5. The first kappa shape index (κ1) is 19.0. The number of amides is 1. The molecule has 1 heterocycles. The summed E-state index contributed by atoms with van der Waals surface area (Å²) in [5.74, 6) is 1.84. The fourth-order valence-corrected chi connectivity index (χ4v) is 4.22. The molecule has 26 heavy (non-hydrogen) atoms. The third-order valence-corrected chi connectivity index (χ3v) is 5.88. The van der Waals surface area contributed by atoms with Gasteiger partial charge in [-0.15, -0.1) is 0 Å². The molecule has 1 amide bonds. The van der Waals surface area contributed by atoms with Gasteiger partial charge in [0.1, 0.15) is 0 Å². The summed E-state index contributed by atoms with van der Waals surface area (Å²) in [5, 5.41) is 0. The summed E-state index contributed by atoms with van der Waals surface area (Å²) in [6.07, 6.45) is 3.14. The number of carbonyl (C=O) groups excluding carboxylic acids is 1. The first-order valence-electron chi connectivity index (χ1n) is 8.89. The third kappa shape index (κ3) is 4.14. The molecule has 1 saturated heterocycles. The highest BCUT2D eigenvalue weighted by Crippen LogP contribution is 2.33. The van der Waals surface area contributed by atoms with Gasteiger partial charge in [0.25, 0.3) is 5.91 Å². The average Bonchev–Trinajstić information content (AvgIpc) is 2.94. The highest BCUT2D eigenvalue weighted by Gasteiger charge is 2.25. The van der Waals surface area contributed by atoms with Crippen LogP contribution in [0.3, 0.4) is 0 Å². The Bertz CT molecular complexity index is 763. The summed E-state index contributed by atoms with van der Waals surface area (Å²) in [6, 6.07) is 14.3. The van der Waals surface area contributed by atoms with E-state index in [-0.39, 0.29) is 5.91 Å². The molecular weight excluding hydrogens is 441 g/mol. The van der Waals surface area contributed by atoms with E-state index in [2.05, 4.69) is 52.9 Å². The fraction of sp³-hybridized carbons (Fsp3) is 0.381. The zero-order valence-electron chi connectivity index (χ0n) is 15.2. The maximum atomic E-state index is 13.1. The second-order valence-corrected chi connectivity index (χ2v) is 7.68. The van der Waals surface area contributed by atoms with Gasteiger partial charge in [0.15, 0.2) is 11.5 Å². The fourth-order valence-electron chi connectivity index (χ4n) is 3.55. The predicted molar refractivity (Wildman–Crippen MR) is 111 cm³/mol. The highest BCUT2D eigenvalue weighted by atomic mass is 127. The zero-order valence-corrected chi connectivity index (χ0v) is 17.4. The van der Waals surface area contributed by atoms with Crippen LogP contribution >= 0.6 is 22.6 Å². The van der Waals surface area contributed by atoms with Crippen molar-refractivity contribution >= 4 is 28.5 Å². The Morgan fingerprint density at radius 1 is 1.04 bits per heavy atom. The van der Waals surface area contributed by atoms with Gasteiger partial charge in [0, 0.05) is 16.7 Å². The van der Waals surface area contributed by atoms with Crippen LogP contribution in [-0.4, -0.2) is 38.1 Å². The SMILES string of the molecule is COc1cc(I)c(C(=O)N2CCCC(c3ccccc3)CC2)cc1OC. The third-order valence-electron chi connectivity index (χ3n) is 4.99. The molecule has 0 aliphatic carbocycles. The molecule has 1 unspecified atom stereocenters. The Balaban J connectivity index is 1.76. The van der Waals surface area contributed by atoms with Crippen LogP contribution in [0.1, 0.15) is 41.1 Å². The largest absolute Gasteiger partial charge is 0.493 e. The van der Waals surface area contributed by atoms with E-state index in [9.17, 15) is 4.79 Å². The van der Waals surface area contributed by atoms with Gasteiger partial charge < -0.3 is 14.4 Å². The average molecular weight is 465 g/mol. The molecule has 2 aromatic rings. The minimum absolute atomic E-state index is 0.0732. The smallest absolute Gasteiger partial charge is 0.255 e. The Morgan fingerprint density at radius 2 is 1.73 bits per heavy atom. The molecular formula is C21H24INO3. The van der Waals surface area contributed by atoms with E-state index in [1.54, 1.807) is 20.3 Å². The minimum Gasteiger partial charge on any atom is -0.493 e. The number of hydrogen-bond acceptors (Lipinski definition) is 3. The van der Waals surface area contributed by atoms with Crippen LogP contribution < -0.4 is 9.47 Å². The lowest BCUT2D eigenvalue weighted by molar-refractivity contribution is 0.0759. The number of methoxy groups -OCH3 is 2. The van der Waals surface area contributed by atoms with E-state index >= 15 is 0 Å². The van der Waals surface area contributed by atoms with E-state index in [0.717, 1.165) is 35.9 Å². The van der Waals surface area contributed by atoms with Crippen molar-refractivity contribution in [2.75, 3.05) is 27.3 Å². The van der Waals surface area contributed by atoms with Crippen molar-refractivity contribution in [1.29, 1.82) is 0 Å². The van der Waals surface area contributed by atoms with Gasteiger partial charge >= 0.3 is 0 Å². The normalized spacial score (nSPS) is 17.5. The monoisotopic (exact) mass is 465 g/mol. The Labute approximate surface area is 168 Å². The molecule has 3 rings (SSSR count). The molecule has 4 nitrogen and oxygen atoms in total. The summed E-state index contributed by atoms with van der Waals surface area (Å²) in [5.41, 5.74) is 2.06. The second-order valence-electron chi connectivity index (χ2n) is 6.52. The second kappa shape index (κ2) is 8.75. The summed E-state index contributed by atoms with van der Waals surface area (Å²) in [7, 11) is 3.20. The maximum Gasteiger partial charge on any atom is 0.255 e. The van der Waals surface area contributed by atoms with E-state index in [1.165, 1.54) is 5.56 Å². The van der Waals surface area contributed by atoms with E-state index in [0.29, 0.717) is 23.0 Å².